The monoisotopic (exact) mass is 211 g/mol. The minimum absolute atomic E-state index is 0.00824. The molecule has 0 heterocycles. The summed E-state index contributed by atoms with van der Waals surface area (Å²) in [4.78, 5) is 11.1. The lowest BCUT2D eigenvalue weighted by Gasteiger charge is -2.10. The molecule has 0 saturated carbocycles. The molecule has 3 heteroatoms. The Morgan fingerprint density at radius 3 is 2.50 bits per heavy atom. The Balaban J connectivity index is 2.94. The standard InChI is InChI=1S/C11H14ClNO/c1-7(2)13-9-4-5-10(8(3)14)11(12)6-9/h4-7,13H,1-3H3. The Labute approximate surface area is 89.3 Å². The van der Waals surface area contributed by atoms with Crippen molar-refractivity contribution in [3.8, 4) is 0 Å². The lowest BCUT2D eigenvalue weighted by molar-refractivity contribution is 0.101. The zero-order valence-electron chi connectivity index (χ0n) is 8.60. The minimum Gasteiger partial charge on any atom is -0.383 e. The van der Waals surface area contributed by atoms with Gasteiger partial charge in [-0.1, -0.05) is 11.6 Å². The first kappa shape index (κ1) is 11.1. The minimum atomic E-state index is -0.00824. The molecule has 1 N–H and O–H groups in total. The van der Waals surface area contributed by atoms with Crippen molar-refractivity contribution in [2.45, 2.75) is 26.8 Å². The molecule has 2 nitrogen and oxygen atoms in total. The van der Waals surface area contributed by atoms with E-state index in [1.54, 1.807) is 12.1 Å². The highest BCUT2D eigenvalue weighted by molar-refractivity contribution is 6.34. The number of anilines is 1. The highest BCUT2D eigenvalue weighted by atomic mass is 35.5. The van der Waals surface area contributed by atoms with Crippen LogP contribution in [0.3, 0.4) is 0 Å². The molecule has 0 aliphatic rings. The SMILES string of the molecule is CC(=O)c1ccc(NC(C)C)cc1Cl. The number of hydrogen-bond acceptors (Lipinski definition) is 2. The molecule has 1 rings (SSSR count). The van der Waals surface area contributed by atoms with Crippen molar-refractivity contribution in [3.63, 3.8) is 0 Å². The second-order valence-corrected chi connectivity index (χ2v) is 3.96. The largest absolute Gasteiger partial charge is 0.383 e. The molecular formula is C11H14ClNO. The molecule has 0 atom stereocenters. The predicted molar refractivity (Wildman–Crippen MR) is 60.2 cm³/mol. The average molecular weight is 212 g/mol. The van der Waals surface area contributed by atoms with E-state index in [-0.39, 0.29) is 5.78 Å². The third kappa shape index (κ3) is 2.74. The number of rotatable bonds is 3. The van der Waals surface area contributed by atoms with Gasteiger partial charge in [-0.05, 0) is 39.0 Å². The first-order chi connectivity index (χ1) is 6.50. The lowest BCUT2D eigenvalue weighted by atomic mass is 10.1. The van der Waals surface area contributed by atoms with E-state index >= 15 is 0 Å². The number of ketones is 1. The molecule has 0 fully saturated rings. The van der Waals surface area contributed by atoms with Gasteiger partial charge in [0.2, 0.25) is 0 Å². The van der Waals surface area contributed by atoms with Crippen LogP contribution in [-0.2, 0) is 0 Å². The van der Waals surface area contributed by atoms with Crippen LogP contribution < -0.4 is 5.32 Å². The first-order valence-electron chi connectivity index (χ1n) is 4.57. The molecule has 1 aromatic carbocycles. The summed E-state index contributed by atoms with van der Waals surface area (Å²) in [5, 5.41) is 3.72. The van der Waals surface area contributed by atoms with Crippen molar-refractivity contribution in [2.24, 2.45) is 0 Å². The number of carbonyl (C=O) groups is 1. The summed E-state index contributed by atoms with van der Waals surface area (Å²) in [6.07, 6.45) is 0. The van der Waals surface area contributed by atoms with Gasteiger partial charge < -0.3 is 5.32 Å². The number of halogens is 1. The van der Waals surface area contributed by atoms with Crippen molar-refractivity contribution in [1.29, 1.82) is 0 Å². The molecule has 1 aromatic rings. The maximum absolute atomic E-state index is 11.1. The van der Waals surface area contributed by atoms with E-state index in [1.165, 1.54) is 6.92 Å². The fourth-order valence-electron chi connectivity index (χ4n) is 1.22. The number of nitrogens with one attached hydrogen (secondary N) is 1. The molecule has 0 aliphatic carbocycles. The molecule has 0 radical (unpaired) electrons. The summed E-state index contributed by atoms with van der Waals surface area (Å²) in [5.74, 6) is -0.00824. The van der Waals surface area contributed by atoms with Crippen molar-refractivity contribution < 1.29 is 4.79 Å². The van der Waals surface area contributed by atoms with Crippen LogP contribution in [0.2, 0.25) is 5.02 Å². The van der Waals surface area contributed by atoms with Gasteiger partial charge in [0.25, 0.3) is 0 Å². The third-order valence-electron chi connectivity index (χ3n) is 1.80. The quantitative estimate of drug-likeness (QED) is 0.777. The molecular weight excluding hydrogens is 198 g/mol. The van der Waals surface area contributed by atoms with Crippen LogP contribution in [0.25, 0.3) is 0 Å². The van der Waals surface area contributed by atoms with Gasteiger partial charge in [0, 0.05) is 17.3 Å². The Bertz CT molecular complexity index is 347. The molecule has 0 aliphatic heterocycles. The molecule has 0 spiro atoms. The third-order valence-corrected chi connectivity index (χ3v) is 2.12. The molecule has 0 bridgehead atoms. The van der Waals surface area contributed by atoms with Gasteiger partial charge in [0.05, 0.1) is 5.02 Å². The van der Waals surface area contributed by atoms with Gasteiger partial charge in [-0.15, -0.1) is 0 Å². The zero-order chi connectivity index (χ0) is 10.7. The second-order valence-electron chi connectivity index (χ2n) is 3.55. The maximum atomic E-state index is 11.1. The second kappa shape index (κ2) is 4.47. The molecule has 0 amide bonds. The van der Waals surface area contributed by atoms with E-state index in [2.05, 4.69) is 5.32 Å². The van der Waals surface area contributed by atoms with Crippen LogP contribution in [-0.4, -0.2) is 11.8 Å². The number of carbonyl (C=O) groups excluding carboxylic acids is 1. The van der Waals surface area contributed by atoms with E-state index in [4.69, 9.17) is 11.6 Å². The summed E-state index contributed by atoms with van der Waals surface area (Å²) in [6, 6.07) is 5.74. The highest BCUT2D eigenvalue weighted by Crippen LogP contribution is 2.21. The van der Waals surface area contributed by atoms with Crippen LogP contribution in [0.4, 0.5) is 5.69 Å². The Morgan fingerprint density at radius 1 is 1.43 bits per heavy atom. The predicted octanol–water partition coefficient (Wildman–Crippen LogP) is 3.36. The molecule has 0 saturated heterocycles. The normalized spacial score (nSPS) is 10.4. The van der Waals surface area contributed by atoms with E-state index in [1.807, 2.05) is 19.9 Å². The topological polar surface area (TPSA) is 29.1 Å². The van der Waals surface area contributed by atoms with Crippen molar-refractivity contribution in [2.75, 3.05) is 5.32 Å². The zero-order valence-corrected chi connectivity index (χ0v) is 9.35. The lowest BCUT2D eigenvalue weighted by Crippen LogP contribution is -2.09. The highest BCUT2D eigenvalue weighted by Gasteiger charge is 2.06. The number of Topliss-reactive ketones (excluding diaryl/α,β-unsaturated/α-hetero) is 1. The van der Waals surface area contributed by atoms with Gasteiger partial charge in [-0.2, -0.15) is 0 Å². The van der Waals surface area contributed by atoms with Crippen LogP contribution >= 0.6 is 11.6 Å². The molecule has 14 heavy (non-hydrogen) atoms. The van der Waals surface area contributed by atoms with Crippen molar-refractivity contribution in [3.05, 3.63) is 28.8 Å². The smallest absolute Gasteiger partial charge is 0.161 e. The van der Waals surface area contributed by atoms with E-state index in [0.717, 1.165) is 5.69 Å². The van der Waals surface area contributed by atoms with Crippen LogP contribution in [0.5, 0.6) is 0 Å². The van der Waals surface area contributed by atoms with Gasteiger partial charge in [-0.25, -0.2) is 0 Å². The Kier molecular flexibility index (Phi) is 3.53. The summed E-state index contributed by atoms with van der Waals surface area (Å²) in [7, 11) is 0. The Hall–Kier alpha value is -1.02. The molecule has 0 unspecified atom stereocenters. The van der Waals surface area contributed by atoms with Crippen LogP contribution in [0.1, 0.15) is 31.1 Å². The van der Waals surface area contributed by atoms with Gasteiger partial charge in [0.1, 0.15) is 0 Å². The van der Waals surface area contributed by atoms with Gasteiger partial charge in [0.15, 0.2) is 5.78 Å². The first-order valence-corrected chi connectivity index (χ1v) is 4.95. The fourth-order valence-corrected chi connectivity index (χ4v) is 1.54. The summed E-state index contributed by atoms with van der Waals surface area (Å²) >= 11 is 5.95. The average Bonchev–Trinajstić information content (AvgIpc) is 2.01. The van der Waals surface area contributed by atoms with Crippen molar-refractivity contribution in [1.82, 2.24) is 0 Å². The van der Waals surface area contributed by atoms with Gasteiger partial charge >= 0.3 is 0 Å². The van der Waals surface area contributed by atoms with Crippen molar-refractivity contribution >= 4 is 23.1 Å². The van der Waals surface area contributed by atoms with Crippen LogP contribution in [0.15, 0.2) is 18.2 Å². The van der Waals surface area contributed by atoms with E-state index in [9.17, 15) is 4.79 Å². The van der Waals surface area contributed by atoms with E-state index < -0.39 is 0 Å². The molecule has 0 aromatic heterocycles. The van der Waals surface area contributed by atoms with E-state index in [0.29, 0.717) is 16.6 Å². The maximum Gasteiger partial charge on any atom is 0.161 e. The summed E-state index contributed by atoms with van der Waals surface area (Å²) in [5.41, 5.74) is 1.51. The van der Waals surface area contributed by atoms with Gasteiger partial charge in [-0.3, -0.25) is 4.79 Å². The fraction of sp³-hybridized carbons (Fsp3) is 0.364. The molecule has 76 valence electrons. The number of hydrogen-bond donors (Lipinski definition) is 1. The summed E-state index contributed by atoms with van der Waals surface area (Å²) in [6.45, 7) is 5.61. The Morgan fingerprint density at radius 2 is 2.07 bits per heavy atom. The number of benzene rings is 1. The summed E-state index contributed by atoms with van der Waals surface area (Å²) < 4.78 is 0. The van der Waals surface area contributed by atoms with Crippen LogP contribution in [0, 0.1) is 0 Å².